The maximum Gasteiger partial charge on any atom is 0.401 e. The molecule has 1 saturated heterocycles. The highest BCUT2D eigenvalue weighted by atomic mass is 19.4. The van der Waals surface area contributed by atoms with Gasteiger partial charge < -0.3 is 10.2 Å². The molecule has 0 spiro atoms. The van der Waals surface area contributed by atoms with Crippen molar-refractivity contribution in [2.75, 3.05) is 40.3 Å². The zero-order chi connectivity index (χ0) is 17.3. The zero-order valence-electron chi connectivity index (χ0n) is 14.2. The number of hydrogen-bond acceptors (Lipinski definition) is 2. The number of rotatable bonds is 8. The van der Waals surface area contributed by atoms with Crippen LogP contribution in [0.4, 0.5) is 13.2 Å². The van der Waals surface area contributed by atoms with Crippen LogP contribution in [-0.2, 0) is 0 Å². The molecule has 134 valence electrons. The van der Waals surface area contributed by atoms with Crippen molar-refractivity contribution in [2.45, 2.75) is 44.3 Å². The minimum absolute atomic E-state index is 0.0271. The second-order valence-electron chi connectivity index (χ2n) is 6.09. The highest BCUT2D eigenvalue weighted by molar-refractivity contribution is 5.79. The van der Waals surface area contributed by atoms with Crippen molar-refractivity contribution < 1.29 is 13.2 Å². The fourth-order valence-electron chi connectivity index (χ4n) is 2.80. The fraction of sp³-hybridized carbons (Fsp3) is 0.812. The largest absolute Gasteiger partial charge is 0.401 e. The third kappa shape index (κ3) is 8.25. The normalized spacial score (nSPS) is 19.9. The topological polar surface area (TPSA) is 30.9 Å². The van der Waals surface area contributed by atoms with E-state index in [-0.39, 0.29) is 6.04 Å². The molecule has 1 aliphatic rings. The Hall–Kier alpha value is -1.24. The van der Waals surface area contributed by atoms with Crippen LogP contribution in [0.1, 0.15) is 32.1 Å². The summed E-state index contributed by atoms with van der Waals surface area (Å²) in [5, 5.41) is 3.28. The average molecular weight is 334 g/mol. The van der Waals surface area contributed by atoms with Crippen molar-refractivity contribution in [2.24, 2.45) is 4.99 Å². The Labute approximate surface area is 137 Å². The summed E-state index contributed by atoms with van der Waals surface area (Å²) in [5.74, 6) is 0.757. The molecular formula is C16H29F3N4. The van der Waals surface area contributed by atoms with Crippen molar-refractivity contribution in [3.8, 4) is 0 Å². The summed E-state index contributed by atoms with van der Waals surface area (Å²) in [6.45, 7) is 4.64. The highest BCUT2D eigenvalue weighted by Crippen LogP contribution is 2.20. The molecule has 1 rings (SSSR count). The van der Waals surface area contributed by atoms with Crippen molar-refractivity contribution in [1.29, 1.82) is 0 Å². The van der Waals surface area contributed by atoms with E-state index in [0.29, 0.717) is 19.5 Å². The summed E-state index contributed by atoms with van der Waals surface area (Å²) in [7, 11) is 3.67. The number of halogens is 3. The van der Waals surface area contributed by atoms with Crippen LogP contribution >= 0.6 is 0 Å². The number of guanidine groups is 1. The molecule has 0 saturated carbocycles. The molecule has 1 atom stereocenters. The lowest BCUT2D eigenvalue weighted by Gasteiger charge is -2.25. The number of likely N-dealkylation sites (tertiary alicyclic amines) is 1. The van der Waals surface area contributed by atoms with Gasteiger partial charge in [-0.05, 0) is 25.7 Å². The molecule has 1 heterocycles. The summed E-state index contributed by atoms with van der Waals surface area (Å²) < 4.78 is 37.3. The number of aliphatic imine (C=N–C) groups is 1. The van der Waals surface area contributed by atoms with Gasteiger partial charge in [-0.1, -0.05) is 12.5 Å². The van der Waals surface area contributed by atoms with Gasteiger partial charge in [0, 0.05) is 39.8 Å². The molecular weight excluding hydrogens is 305 g/mol. The number of nitrogens with zero attached hydrogens (tertiary/aromatic N) is 3. The second-order valence-corrected chi connectivity index (χ2v) is 6.09. The minimum Gasteiger partial charge on any atom is -0.352 e. The van der Waals surface area contributed by atoms with Crippen LogP contribution in [0, 0.1) is 0 Å². The predicted molar refractivity (Wildman–Crippen MR) is 88.7 cm³/mol. The standard InChI is InChI=1S/C16H29F3N4/c1-4-5-6-7-8-10-22(3)15(20-2)21-14-9-11-23(12-14)13-16(17,18)19/h4,14H,1,5-13H2,2-3H3,(H,20,21). The molecule has 7 heteroatoms. The first kappa shape index (κ1) is 19.8. The van der Waals surface area contributed by atoms with E-state index in [1.54, 1.807) is 7.05 Å². The second kappa shape index (κ2) is 9.80. The lowest BCUT2D eigenvalue weighted by molar-refractivity contribution is -0.143. The fourth-order valence-corrected chi connectivity index (χ4v) is 2.80. The number of allylic oxidation sites excluding steroid dienone is 1. The van der Waals surface area contributed by atoms with Crippen LogP contribution in [-0.4, -0.2) is 68.3 Å². The average Bonchev–Trinajstić information content (AvgIpc) is 2.89. The zero-order valence-corrected chi connectivity index (χ0v) is 14.2. The molecule has 0 aromatic rings. The third-order valence-corrected chi connectivity index (χ3v) is 3.98. The van der Waals surface area contributed by atoms with Gasteiger partial charge in [0.2, 0.25) is 0 Å². The van der Waals surface area contributed by atoms with Gasteiger partial charge in [-0.3, -0.25) is 9.89 Å². The highest BCUT2D eigenvalue weighted by Gasteiger charge is 2.34. The smallest absolute Gasteiger partial charge is 0.352 e. The third-order valence-electron chi connectivity index (χ3n) is 3.98. The minimum atomic E-state index is -4.13. The summed E-state index contributed by atoms with van der Waals surface area (Å²) in [4.78, 5) is 7.73. The van der Waals surface area contributed by atoms with Crippen LogP contribution < -0.4 is 5.32 Å². The van der Waals surface area contributed by atoms with Crippen LogP contribution in [0.15, 0.2) is 17.6 Å². The van der Waals surface area contributed by atoms with Crippen LogP contribution in [0.5, 0.6) is 0 Å². The van der Waals surface area contributed by atoms with Crippen molar-refractivity contribution >= 4 is 5.96 Å². The van der Waals surface area contributed by atoms with Crippen molar-refractivity contribution in [3.63, 3.8) is 0 Å². The Morgan fingerprint density at radius 2 is 2.13 bits per heavy atom. The van der Waals surface area contributed by atoms with E-state index in [0.717, 1.165) is 38.2 Å². The molecule has 0 bridgehead atoms. The Morgan fingerprint density at radius 3 is 2.74 bits per heavy atom. The Kier molecular flexibility index (Phi) is 8.44. The van der Waals surface area contributed by atoms with Crippen LogP contribution in [0.2, 0.25) is 0 Å². The van der Waals surface area contributed by atoms with Gasteiger partial charge in [-0.15, -0.1) is 6.58 Å². The van der Waals surface area contributed by atoms with E-state index in [1.165, 1.54) is 4.90 Å². The molecule has 0 radical (unpaired) electrons. The van der Waals surface area contributed by atoms with E-state index < -0.39 is 12.7 Å². The van der Waals surface area contributed by atoms with E-state index in [9.17, 15) is 13.2 Å². The van der Waals surface area contributed by atoms with E-state index in [1.807, 2.05) is 18.0 Å². The first-order chi connectivity index (χ1) is 10.9. The molecule has 1 aliphatic heterocycles. The van der Waals surface area contributed by atoms with Crippen LogP contribution in [0.3, 0.4) is 0 Å². The van der Waals surface area contributed by atoms with Gasteiger partial charge in [0.25, 0.3) is 0 Å². The Morgan fingerprint density at radius 1 is 1.39 bits per heavy atom. The van der Waals surface area contributed by atoms with Crippen molar-refractivity contribution in [3.05, 3.63) is 12.7 Å². The molecule has 0 aliphatic carbocycles. The summed E-state index contributed by atoms with van der Waals surface area (Å²) in [6.07, 6.45) is 2.89. The molecule has 1 fully saturated rings. The lowest BCUT2D eigenvalue weighted by atomic mass is 10.2. The molecule has 0 aromatic carbocycles. The Balaban J connectivity index is 2.32. The number of nitrogens with one attached hydrogen (secondary N) is 1. The van der Waals surface area contributed by atoms with Gasteiger partial charge in [-0.25, -0.2) is 0 Å². The van der Waals surface area contributed by atoms with E-state index in [2.05, 4.69) is 16.9 Å². The maximum absolute atomic E-state index is 12.4. The monoisotopic (exact) mass is 334 g/mol. The van der Waals surface area contributed by atoms with Gasteiger partial charge in [0.15, 0.2) is 5.96 Å². The maximum atomic E-state index is 12.4. The molecule has 1 N–H and O–H groups in total. The van der Waals surface area contributed by atoms with Gasteiger partial charge in [-0.2, -0.15) is 13.2 Å². The summed E-state index contributed by atoms with van der Waals surface area (Å²) >= 11 is 0. The van der Waals surface area contributed by atoms with Gasteiger partial charge >= 0.3 is 6.18 Å². The summed E-state index contributed by atoms with van der Waals surface area (Å²) in [6, 6.07) is 0.0271. The quantitative estimate of drug-likeness (QED) is 0.320. The summed E-state index contributed by atoms with van der Waals surface area (Å²) in [5.41, 5.74) is 0. The van der Waals surface area contributed by atoms with Crippen molar-refractivity contribution in [1.82, 2.24) is 15.1 Å². The first-order valence-corrected chi connectivity index (χ1v) is 8.20. The molecule has 4 nitrogen and oxygen atoms in total. The molecule has 0 aromatic heterocycles. The van der Waals surface area contributed by atoms with Gasteiger partial charge in [0.05, 0.1) is 6.54 Å². The first-order valence-electron chi connectivity index (χ1n) is 8.20. The SMILES string of the molecule is C=CCCCCCN(C)C(=NC)NC1CCN(CC(F)(F)F)C1. The van der Waals surface area contributed by atoms with Crippen LogP contribution in [0.25, 0.3) is 0 Å². The molecule has 1 unspecified atom stereocenters. The number of alkyl halides is 3. The number of hydrogen-bond donors (Lipinski definition) is 1. The van der Waals surface area contributed by atoms with Gasteiger partial charge in [0.1, 0.15) is 0 Å². The van der Waals surface area contributed by atoms with E-state index in [4.69, 9.17) is 0 Å². The Bertz CT molecular complexity index is 382. The van der Waals surface area contributed by atoms with E-state index >= 15 is 0 Å². The lowest BCUT2D eigenvalue weighted by Crippen LogP contribution is -2.46. The molecule has 0 amide bonds. The number of unbranched alkanes of at least 4 members (excludes halogenated alkanes) is 3. The predicted octanol–water partition coefficient (Wildman–Crippen LogP) is 2.88. The molecule has 23 heavy (non-hydrogen) atoms.